The molecule has 1 aliphatic rings. The van der Waals surface area contributed by atoms with Crippen molar-refractivity contribution in [2.75, 3.05) is 6.54 Å². The van der Waals surface area contributed by atoms with Crippen LogP contribution in [0.15, 0.2) is 29.3 Å². The van der Waals surface area contributed by atoms with Gasteiger partial charge in [-0.2, -0.15) is 0 Å². The summed E-state index contributed by atoms with van der Waals surface area (Å²) in [6.07, 6.45) is 5.81. The Morgan fingerprint density at radius 2 is 2.43 bits per heavy atom. The van der Waals surface area contributed by atoms with E-state index < -0.39 is 0 Å². The molecule has 3 nitrogen and oxygen atoms in total. The van der Waals surface area contributed by atoms with Crippen molar-refractivity contribution in [3.63, 3.8) is 0 Å². The monoisotopic (exact) mass is 192 g/mol. The summed E-state index contributed by atoms with van der Waals surface area (Å²) in [5.41, 5.74) is 1.02. The number of carbonyl (C=O) groups is 1. The molecule has 1 heterocycles. The molecule has 1 amide bonds. The first-order valence-electron chi connectivity index (χ1n) is 4.77. The maximum absolute atomic E-state index is 11.7. The molecule has 0 fully saturated rings. The lowest BCUT2D eigenvalue weighted by Gasteiger charge is -2.18. The number of amides is 1. The fraction of sp³-hybridized carbons (Fsp3) is 0.455. The molecule has 0 spiro atoms. The Labute approximate surface area is 84.8 Å². The van der Waals surface area contributed by atoms with Gasteiger partial charge < -0.3 is 0 Å². The first kappa shape index (κ1) is 10.7. The molecule has 1 aliphatic heterocycles. The first-order valence-corrected chi connectivity index (χ1v) is 4.77. The zero-order valence-corrected chi connectivity index (χ0v) is 8.73. The van der Waals surface area contributed by atoms with Crippen molar-refractivity contribution >= 4 is 12.2 Å². The quantitative estimate of drug-likeness (QED) is 0.627. The second kappa shape index (κ2) is 4.74. The summed E-state index contributed by atoms with van der Waals surface area (Å²) >= 11 is 0. The molecule has 0 unspecified atom stereocenters. The van der Waals surface area contributed by atoms with E-state index in [-0.39, 0.29) is 11.9 Å². The SMILES string of the molecule is C=CCC1=CC(=O)N(C(C)C)C=NC1. The van der Waals surface area contributed by atoms with Crippen LogP contribution in [0.5, 0.6) is 0 Å². The summed E-state index contributed by atoms with van der Waals surface area (Å²) < 4.78 is 0. The largest absolute Gasteiger partial charge is 0.297 e. The second-order valence-corrected chi connectivity index (χ2v) is 3.59. The first-order chi connectivity index (χ1) is 6.65. The molecule has 0 aromatic heterocycles. The van der Waals surface area contributed by atoms with E-state index in [9.17, 15) is 4.79 Å². The van der Waals surface area contributed by atoms with Gasteiger partial charge in [-0.15, -0.1) is 6.58 Å². The van der Waals surface area contributed by atoms with Crippen molar-refractivity contribution < 1.29 is 4.79 Å². The zero-order chi connectivity index (χ0) is 10.6. The van der Waals surface area contributed by atoms with Crippen molar-refractivity contribution in [1.29, 1.82) is 0 Å². The summed E-state index contributed by atoms with van der Waals surface area (Å²) in [7, 11) is 0. The fourth-order valence-corrected chi connectivity index (χ4v) is 1.29. The predicted molar refractivity (Wildman–Crippen MR) is 58.2 cm³/mol. The summed E-state index contributed by atoms with van der Waals surface area (Å²) in [6, 6.07) is 0.158. The van der Waals surface area contributed by atoms with E-state index >= 15 is 0 Å². The molecule has 0 N–H and O–H groups in total. The van der Waals surface area contributed by atoms with Crippen molar-refractivity contribution in [1.82, 2.24) is 4.90 Å². The van der Waals surface area contributed by atoms with Crippen LogP contribution in [-0.4, -0.2) is 29.7 Å². The average molecular weight is 192 g/mol. The van der Waals surface area contributed by atoms with Crippen molar-refractivity contribution in [3.8, 4) is 0 Å². The van der Waals surface area contributed by atoms with Gasteiger partial charge in [0.25, 0.3) is 5.91 Å². The molecule has 1 rings (SSSR count). The van der Waals surface area contributed by atoms with Crippen molar-refractivity contribution in [2.45, 2.75) is 26.3 Å². The molecule has 0 aromatic carbocycles. The van der Waals surface area contributed by atoms with Gasteiger partial charge >= 0.3 is 0 Å². The van der Waals surface area contributed by atoms with E-state index in [0.717, 1.165) is 12.0 Å². The molecule has 0 saturated carbocycles. The van der Waals surface area contributed by atoms with Crippen LogP contribution in [0.3, 0.4) is 0 Å². The summed E-state index contributed by atoms with van der Waals surface area (Å²) in [5.74, 6) is 0.0121. The minimum absolute atomic E-state index is 0.0121. The van der Waals surface area contributed by atoms with Gasteiger partial charge in [0.1, 0.15) is 0 Å². The lowest BCUT2D eigenvalue weighted by molar-refractivity contribution is -0.123. The van der Waals surface area contributed by atoms with Gasteiger partial charge in [-0.05, 0) is 25.8 Å². The molecule has 76 valence electrons. The van der Waals surface area contributed by atoms with E-state index in [1.807, 2.05) is 13.8 Å². The molecular formula is C11H16N2O. The Hall–Kier alpha value is -1.38. The highest BCUT2D eigenvalue weighted by Crippen LogP contribution is 2.09. The van der Waals surface area contributed by atoms with E-state index in [4.69, 9.17) is 0 Å². The lowest BCUT2D eigenvalue weighted by atomic mass is 10.1. The number of rotatable bonds is 3. The van der Waals surface area contributed by atoms with Crippen LogP contribution in [0.2, 0.25) is 0 Å². The van der Waals surface area contributed by atoms with Gasteiger partial charge in [0.05, 0.1) is 12.9 Å². The molecule has 0 saturated heterocycles. The number of allylic oxidation sites excluding steroid dienone is 1. The van der Waals surface area contributed by atoms with Crippen LogP contribution in [0.4, 0.5) is 0 Å². The Balaban J connectivity index is 2.82. The lowest BCUT2D eigenvalue weighted by Crippen LogP contribution is -2.33. The van der Waals surface area contributed by atoms with Gasteiger partial charge in [-0.3, -0.25) is 14.7 Å². The summed E-state index contributed by atoms with van der Waals surface area (Å²) in [6.45, 7) is 8.18. The molecule has 0 bridgehead atoms. The minimum atomic E-state index is 0.0121. The van der Waals surface area contributed by atoms with Crippen LogP contribution in [-0.2, 0) is 4.79 Å². The molecule has 0 radical (unpaired) electrons. The topological polar surface area (TPSA) is 32.7 Å². The summed E-state index contributed by atoms with van der Waals surface area (Å²) in [5, 5.41) is 0. The highest BCUT2D eigenvalue weighted by molar-refractivity contribution is 5.97. The minimum Gasteiger partial charge on any atom is -0.297 e. The van der Waals surface area contributed by atoms with E-state index in [1.54, 1.807) is 23.4 Å². The average Bonchev–Trinajstić information content (AvgIpc) is 2.27. The third-order valence-electron chi connectivity index (χ3n) is 2.05. The van der Waals surface area contributed by atoms with Crippen LogP contribution < -0.4 is 0 Å². The smallest absolute Gasteiger partial charge is 0.251 e. The number of aliphatic imine (C=N–C) groups is 1. The Bertz CT molecular complexity index is 290. The van der Waals surface area contributed by atoms with E-state index in [2.05, 4.69) is 11.6 Å². The number of hydrogen-bond donors (Lipinski definition) is 0. The van der Waals surface area contributed by atoms with Crippen molar-refractivity contribution in [2.24, 2.45) is 4.99 Å². The number of nitrogens with zero attached hydrogens (tertiary/aromatic N) is 2. The van der Waals surface area contributed by atoms with Crippen LogP contribution in [0.1, 0.15) is 20.3 Å². The molecular weight excluding hydrogens is 176 g/mol. The maximum Gasteiger partial charge on any atom is 0.251 e. The predicted octanol–water partition coefficient (Wildman–Crippen LogP) is 1.77. The normalized spacial score (nSPS) is 16.9. The molecule has 0 aromatic rings. The van der Waals surface area contributed by atoms with Crippen LogP contribution in [0.25, 0.3) is 0 Å². The Morgan fingerprint density at radius 3 is 3.00 bits per heavy atom. The van der Waals surface area contributed by atoms with Gasteiger partial charge in [-0.25, -0.2) is 0 Å². The van der Waals surface area contributed by atoms with E-state index in [0.29, 0.717) is 6.54 Å². The molecule has 14 heavy (non-hydrogen) atoms. The van der Waals surface area contributed by atoms with Gasteiger partial charge in [0.15, 0.2) is 0 Å². The Morgan fingerprint density at radius 1 is 1.71 bits per heavy atom. The van der Waals surface area contributed by atoms with Crippen LogP contribution >= 0.6 is 0 Å². The molecule has 0 atom stereocenters. The van der Waals surface area contributed by atoms with E-state index in [1.165, 1.54) is 0 Å². The fourth-order valence-electron chi connectivity index (χ4n) is 1.29. The van der Waals surface area contributed by atoms with Gasteiger partial charge in [-0.1, -0.05) is 6.08 Å². The highest BCUT2D eigenvalue weighted by atomic mass is 16.2. The zero-order valence-electron chi connectivity index (χ0n) is 8.73. The maximum atomic E-state index is 11.7. The standard InChI is InChI=1S/C11H16N2O/c1-4-5-10-6-11(14)13(9(2)3)8-12-7-10/h4,6,8-9H,1,5,7H2,2-3H3. The second-order valence-electron chi connectivity index (χ2n) is 3.59. The molecule has 3 heteroatoms. The van der Waals surface area contributed by atoms with Gasteiger partial charge in [0, 0.05) is 12.1 Å². The third kappa shape index (κ3) is 2.55. The Kier molecular flexibility index (Phi) is 3.63. The highest BCUT2D eigenvalue weighted by Gasteiger charge is 2.15. The van der Waals surface area contributed by atoms with Crippen molar-refractivity contribution in [3.05, 3.63) is 24.3 Å². The third-order valence-corrected chi connectivity index (χ3v) is 2.05. The van der Waals surface area contributed by atoms with Gasteiger partial charge in [0.2, 0.25) is 0 Å². The number of hydrogen-bond acceptors (Lipinski definition) is 2. The number of carbonyl (C=O) groups excluding carboxylic acids is 1. The molecule has 0 aliphatic carbocycles. The van der Waals surface area contributed by atoms with Crippen LogP contribution in [0, 0.1) is 0 Å². The summed E-state index contributed by atoms with van der Waals surface area (Å²) in [4.78, 5) is 17.5.